The predicted octanol–water partition coefficient (Wildman–Crippen LogP) is 3.57. The van der Waals surface area contributed by atoms with Gasteiger partial charge in [0.15, 0.2) is 0 Å². The Morgan fingerprint density at radius 2 is 1.84 bits per heavy atom. The number of rotatable bonds is 3. The van der Waals surface area contributed by atoms with Crippen LogP contribution in [0.15, 0.2) is 24.4 Å². The number of hydrogen-bond acceptors (Lipinski definition) is 3. The Bertz CT molecular complexity index is 606. The smallest absolute Gasteiger partial charge is 0.223 e. The SMILES string of the molecule is Cc1cc(C)c(C)c(Oc2nccc(C)c2CN)c1. The van der Waals surface area contributed by atoms with E-state index in [4.69, 9.17) is 10.5 Å². The monoisotopic (exact) mass is 256 g/mol. The molecule has 0 aliphatic carbocycles. The Morgan fingerprint density at radius 3 is 2.53 bits per heavy atom. The van der Waals surface area contributed by atoms with Gasteiger partial charge in [-0.05, 0) is 62.1 Å². The van der Waals surface area contributed by atoms with E-state index in [0.717, 1.165) is 22.4 Å². The minimum atomic E-state index is 0.429. The van der Waals surface area contributed by atoms with Crippen molar-refractivity contribution in [1.82, 2.24) is 4.98 Å². The standard InChI is InChI=1S/C16H20N2O/c1-10-7-12(3)13(4)15(8-10)19-16-14(9-17)11(2)5-6-18-16/h5-8H,9,17H2,1-4H3. The van der Waals surface area contributed by atoms with E-state index in [9.17, 15) is 0 Å². The van der Waals surface area contributed by atoms with Crippen molar-refractivity contribution in [3.05, 3.63) is 52.2 Å². The first kappa shape index (κ1) is 13.6. The zero-order chi connectivity index (χ0) is 14.0. The number of pyridine rings is 1. The summed E-state index contributed by atoms with van der Waals surface area (Å²) in [6.07, 6.45) is 1.75. The summed E-state index contributed by atoms with van der Waals surface area (Å²) in [4.78, 5) is 4.30. The number of hydrogen-bond donors (Lipinski definition) is 1. The number of aryl methyl sites for hydroxylation is 3. The van der Waals surface area contributed by atoms with E-state index >= 15 is 0 Å². The fourth-order valence-electron chi connectivity index (χ4n) is 2.11. The van der Waals surface area contributed by atoms with Crippen molar-refractivity contribution in [2.45, 2.75) is 34.2 Å². The summed E-state index contributed by atoms with van der Waals surface area (Å²) in [5.74, 6) is 1.46. The fraction of sp³-hybridized carbons (Fsp3) is 0.312. The summed E-state index contributed by atoms with van der Waals surface area (Å²) in [5, 5.41) is 0. The third-order valence-corrected chi connectivity index (χ3v) is 3.43. The van der Waals surface area contributed by atoms with Crippen LogP contribution in [0, 0.1) is 27.7 Å². The van der Waals surface area contributed by atoms with Gasteiger partial charge in [0, 0.05) is 18.3 Å². The first-order chi connectivity index (χ1) is 9.02. The zero-order valence-corrected chi connectivity index (χ0v) is 11.9. The Balaban J connectivity index is 2.45. The molecule has 0 amide bonds. The summed E-state index contributed by atoms with van der Waals surface area (Å²) in [7, 11) is 0. The van der Waals surface area contributed by atoms with Crippen LogP contribution in [-0.2, 0) is 6.54 Å². The topological polar surface area (TPSA) is 48.1 Å². The van der Waals surface area contributed by atoms with Crippen molar-refractivity contribution in [3.63, 3.8) is 0 Å². The summed E-state index contributed by atoms with van der Waals surface area (Å²) in [6.45, 7) is 8.65. The molecule has 0 saturated carbocycles. The second kappa shape index (κ2) is 5.41. The largest absolute Gasteiger partial charge is 0.438 e. The third-order valence-electron chi connectivity index (χ3n) is 3.43. The maximum Gasteiger partial charge on any atom is 0.223 e. The first-order valence-electron chi connectivity index (χ1n) is 6.43. The van der Waals surface area contributed by atoms with Gasteiger partial charge in [-0.2, -0.15) is 0 Å². The molecule has 0 fully saturated rings. The molecule has 3 heteroatoms. The first-order valence-corrected chi connectivity index (χ1v) is 6.43. The van der Waals surface area contributed by atoms with Gasteiger partial charge in [-0.25, -0.2) is 4.98 Å². The van der Waals surface area contributed by atoms with Gasteiger partial charge in [0.25, 0.3) is 0 Å². The van der Waals surface area contributed by atoms with E-state index in [-0.39, 0.29) is 0 Å². The lowest BCUT2D eigenvalue weighted by Crippen LogP contribution is -2.04. The van der Waals surface area contributed by atoms with E-state index in [1.807, 2.05) is 19.1 Å². The number of nitrogens with zero attached hydrogens (tertiary/aromatic N) is 1. The lowest BCUT2D eigenvalue weighted by molar-refractivity contribution is 0.451. The highest BCUT2D eigenvalue weighted by Crippen LogP contribution is 2.30. The summed E-state index contributed by atoms with van der Waals surface area (Å²) in [6, 6.07) is 6.13. The van der Waals surface area contributed by atoms with Crippen LogP contribution in [0.2, 0.25) is 0 Å². The van der Waals surface area contributed by atoms with Crippen molar-refractivity contribution in [2.75, 3.05) is 0 Å². The van der Waals surface area contributed by atoms with Crippen LogP contribution in [0.4, 0.5) is 0 Å². The van der Waals surface area contributed by atoms with E-state index in [1.54, 1.807) is 6.20 Å². The molecule has 0 bridgehead atoms. The molecule has 0 atom stereocenters. The van der Waals surface area contributed by atoms with Crippen LogP contribution in [0.1, 0.15) is 27.8 Å². The number of benzene rings is 1. The second-order valence-electron chi connectivity index (χ2n) is 4.92. The second-order valence-corrected chi connectivity index (χ2v) is 4.92. The van der Waals surface area contributed by atoms with Gasteiger partial charge in [-0.15, -0.1) is 0 Å². The average molecular weight is 256 g/mol. The maximum atomic E-state index is 5.98. The van der Waals surface area contributed by atoms with Crippen LogP contribution >= 0.6 is 0 Å². The van der Waals surface area contributed by atoms with Gasteiger partial charge in [0.05, 0.1) is 0 Å². The fourth-order valence-corrected chi connectivity index (χ4v) is 2.11. The van der Waals surface area contributed by atoms with Gasteiger partial charge in [0.2, 0.25) is 5.88 Å². The summed E-state index contributed by atoms with van der Waals surface area (Å²) in [5.41, 5.74) is 11.4. The highest BCUT2D eigenvalue weighted by atomic mass is 16.5. The highest BCUT2D eigenvalue weighted by Gasteiger charge is 2.11. The van der Waals surface area contributed by atoms with Crippen molar-refractivity contribution in [3.8, 4) is 11.6 Å². The molecule has 1 aromatic carbocycles. The number of nitrogens with two attached hydrogens (primary N) is 1. The number of ether oxygens (including phenoxy) is 1. The molecule has 0 aliphatic heterocycles. The Hall–Kier alpha value is -1.87. The molecule has 1 heterocycles. The van der Waals surface area contributed by atoms with Gasteiger partial charge >= 0.3 is 0 Å². The molecule has 19 heavy (non-hydrogen) atoms. The van der Waals surface area contributed by atoms with Crippen LogP contribution in [0.25, 0.3) is 0 Å². The normalized spacial score (nSPS) is 10.6. The molecule has 3 nitrogen and oxygen atoms in total. The Kier molecular flexibility index (Phi) is 3.86. The van der Waals surface area contributed by atoms with Gasteiger partial charge < -0.3 is 10.5 Å². The summed E-state index contributed by atoms with van der Waals surface area (Å²) < 4.78 is 5.98. The molecule has 100 valence electrons. The Morgan fingerprint density at radius 1 is 1.11 bits per heavy atom. The van der Waals surface area contributed by atoms with E-state index in [1.165, 1.54) is 11.1 Å². The molecule has 0 spiro atoms. The summed E-state index contributed by atoms with van der Waals surface area (Å²) >= 11 is 0. The highest BCUT2D eigenvalue weighted by molar-refractivity contribution is 5.45. The predicted molar refractivity (Wildman–Crippen MR) is 77.6 cm³/mol. The lowest BCUT2D eigenvalue weighted by Gasteiger charge is -2.14. The molecule has 0 aliphatic rings. The van der Waals surface area contributed by atoms with Crippen LogP contribution in [-0.4, -0.2) is 4.98 Å². The molecular weight excluding hydrogens is 236 g/mol. The number of aromatic nitrogens is 1. The van der Waals surface area contributed by atoms with Gasteiger partial charge in [-0.1, -0.05) is 6.07 Å². The quantitative estimate of drug-likeness (QED) is 0.913. The van der Waals surface area contributed by atoms with Crippen molar-refractivity contribution >= 4 is 0 Å². The van der Waals surface area contributed by atoms with Crippen molar-refractivity contribution < 1.29 is 4.74 Å². The average Bonchev–Trinajstić information content (AvgIpc) is 2.35. The van der Waals surface area contributed by atoms with Crippen LogP contribution in [0.3, 0.4) is 0 Å². The van der Waals surface area contributed by atoms with E-state index in [0.29, 0.717) is 12.4 Å². The molecule has 1 aromatic heterocycles. The molecule has 2 N–H and O–H groups in total. The van der Waals surface area contributed by atoms with Crippen molar-refractivity contribution in [1.29, 1.82) is 0 Å². The van der Waals surface area contributed by atoms with E-state index in [2.05, 4.69) is 31.8 Å². The van der Waals surface area contributed by atoms with E-state index < -0.39 is 0 Å². The molecular formula is C16H20N2O. The molecule has 0 saturated heterocycles. The maximum absolute atomic E-state index is 5.98. The third kappa shape index (κ3) is 2.76. The molecule has 2 aromatic rings. The van der Waals surface area contributed by atoms with Crippen LogP contribution < -0.4 is 10.5 Å². The van der Waals surface area contributed by atoms with Crippen LogP contribution in [0.5, 0.6) is 11.6 Å². The lowest BCUT2D eigenvalue weighted by atomic mass is 10.1. The van der Waals surface area contributed by atoms with Gasteiger partial charge in [0.1, 0.15) is 5.75 Å². The van der Waals surface area contributed by atoms with Crippen molar-refractivity contribution in [2.24, 2.45) is 5.73 Å². The molecule has 0 unspecified atom stereocenters. The molecule has 2 rings (SSSR count). The minimum absolute atomic E-state index is 0.429. The Labute approximate surface area is 114 Å². The minimum Gasteiger partial charge on any atom is -0.438 e. The molecule has 0 radical (unpaired) electrons. The van der Waals surface area contributed by atoms with Gasteiger partial charge in [-0.3, -0.25) is 0 Å². The zero-order valence-electron chi connectivity index (χ0n) is 11.9.